The third-order valence-electron chi connectivity index (χ3n) is 2.51. The Kier molecular flexibility index (Phi) is 6.52. The minimum absolute atomic E-state index is 0.196. The van der Waals surface area contributed by atoms with Crippen molar-refractivity contribution >= 4 is 11.8 Å². The van der Waals surface area contributed by atoms with Gasteiger partial charge in [-0.25, -0.2) is 8.78 Å². The first kappa shape index (κ1) is 14.5. The average molecular weight is 259 g/mol. The van der Waals surface area contributed by atoms with Crippen LogP contribution in [0.3, 0.4) is 0 Å². The van der Waals surface area contributed by atoms with Crippen LogP contribution in [0.2, 0.25) is 0 Å². The second-order valence-electron chi connectivity index (χ2n) is 3.83. The fraction of sp³-hybridized carbons (Fsp3) is 0.538. The summed E-state index contributed by atoms with van der Waals surface area (Å²) in [4.78, 5) is 0. The summed E-state index contributed by atoms with van der Waals surface area (Å²) < 4.78 is 26.6. The van der Waals surface area contributed by atoms with Crippen LogP contribution >= 0.6 is 11.8 Å². The van der Waals surface area contributed by atoms with Crippen molar-refractivity contribution in [2.75, 3.05) is 18.1 Å². The number of hydrogen-bond donors (Lipinski definition) is 1. The normalized spacial score (nSPS) is 12.7. The largest absolute Gasteiger partial charge is 0.313 e. The van der Waals surface area contributed by atoms with E-state index in [9.17, 15) is 8.78 Å². The minimum Gasteiger partial charge on any atom is -0.313 e. The van der Waals surface area contributed by atoms with E-state index in [0.29, 0.717) is 12.0 Å². The molecule has 1 aromatic carbocycles. The molecule has 0 fully saturated rings. The van der Waals surface area contributed by atoms with E-state index in [1.54, 1.807) is 23.9 Å². The molecule has 1 unspecified atom stereocenters. The Morgan fingerprint density at radius 1 is 1.29 bits per heavy atom. The summed E-state index contributed by atoms with van der Waals surface area (Å²) in [6, 6.07) is 4.56. The zero-order valence-corrected chi connectivity index (χ0v) is 11.1. The smallest absolute Gasteiger partial charge is 0.162 e. The molecular formula is C13H19F2NS. The number of thioether (sulfide) groups is 1. The predicted molar refractivity (Wildman–Crippen MR) is 70.5 cm³/mol. The molecular weight excluding hydrogens is 240 g/mol. The molecule has 0 aromatic heterocycles. The van der Waals surface area contributed by atoms with Crippen LogP contribution in [0.1, 0.15) is 19.4 Å². The van der Waals surface area contributed by atoms with Gasteiger partial charge in [0.2, 0.25) is 0 Å². The van der Waals surface area contributed by atoms with Crippen molar-refractivity contribution in [2.24, 2.45) is 0 Å². The Bertz CT molecular complexity index is 344. The monoisotopic (exact) mass is 259 g/mol. The highest BCUT2D eigenvalue weighted by Crippen LogP contribution is 2.15. The summed E-state index contributed by atoms with van der Waals surface area (Å²) in [6.45, 7) is 4.95. The number of halogens is 2. The highest BCUT2D eigenvalue weighted by Gasteiger charge is 2.13. The average Bonchev–Trinajstić information content (AvgIpc) is 2.32. The highest BCUT2D eigenvalue weighted by atomic mass is 32.2. The molecule has 1 nitrogen and oxygen atoms in total. The van der Waals surface area contributed by atoms with Crippen molar-refractivity contribution in [3.63, 3.8) is 0 Å². The maximum absolute atomic E-state index is 13.5. The van der Waals surface area contributed by atoms with Gasteiger partial charge in [0.05, 0.1) is 0 Å². The quantitative estimate of drug-likeness (QED) is 0.807. The predicted octanol–water partition coefficient (Wildman–Crippen LogP) is 3.24. The van der Waals surface area contributed by atoms with Crippen LogP contribution in [-0.4, -0.2) is 24.1 Å². The molecule has 1 rings (SSSR count). The van der Waals surface area contributed by atoms with Gasteiger partial charge in [-0.05, 0) is 30.3 Å². The molecule has 4 heteroatoms. The molecule has 0 heterocycles. The van der Waals surface area contributed by atoms with Gasteiger partial charge in [0.1, 0.15) is 0 Å². The standard InChI is InChI=1S/C13H19F2NS/c1-3-16-11(9-17-4-2)8-10-6-5-7-12(14)13(10)15/h5-7,11,16H,3-4,8-9H2,1-2H3. The van der Waals surface area contributed by atoms with E-state index in [2.05, 4.69) is 12.2 Å². The zero-order chi connectivity index (χ0) is 12.7. The Morgan fingerprint density at radius 3 is 2.71 bits per heavy atom. The zero-order valence-electron chi connectivity index (χ0n) is 10.3. The molecule has 0 amide bonds. The molecule has 17 heavy (non-hydrogen) atoms. The van der Waals surface area contributed by atoms with E-state index >= 15 is 0 Å². The first-order valence-electron chi connectivity index (χ1n) is 5.93. The molecule has 0 aliphatic heterocycles. The topological polar surface area (TPSA) is 12.0 Å². The molecule has 0 saturated heterocycles. The summed E-state index contributed by atoms with van der Waals surface area (Å²) in [5.41, 5.74) is 0.452. The van der Waals surface area contributed by atoms with E-state index < -0.39 is 11.6 Å². The van der Waals surface area contributed by atoms with Gasteiger partial charge in [-0.2, -0.15) is 11.8 Å². The van der Waals surface area contributed by atoms with Crippen LogP contribution in [0.4, 0.5) is 8.78 Å². The van der Waals surface area contributed by atoms with Crippen LogP contribution in [0.5, 0.6) is 0 Å². The van der Waals surface area contributed by atoms with Crippen LogP contribution in [0.15, 0.2) is 18.2 Å². The van der Waals surface area contributed by atoms with Crippen molar-refractivity contribution in [3.8, 4) is 0 Å². The van der Waals surface area contributed by atoms with Gasteiger partial charge in [0.25, 0.3) is 0 Å². The minimum atomic E-state index is -0.763. The Morgan fingerprint density at radius 2 is 2.06 bits per heavy atom. The molecule has 0 bridgehead atoms. The number of hydrogen-bond acceptors (Lipinski definition) is 2. The van der Waals surface area contributed by atoms with Crippen LogP contribution in [-0.2, 0) is 6.42 Å². The Balaban J connectivity index is 2.67. The summed E-state index contributed by atoms with van der Waals surface area (Å²) in [6.07, 6.45) is 0.532. The van der Waals surface area contributed by atoms with Gasteiger partial charge in [-0.1, -0.05) is 26.0 Å². The number of likely N-dealkylation sites (N-methyl/N-ethyl adjacent to an activating group) is 1. The summed E-state index contributed by atoms with van der Waals surface area (Å²) >= 11 is 1.81. The third-order valence-corrected chi connectivity index (χ3v) is 3.56. The van der Waals surface area contributed by atoms with Crippen LogP contribution < -0.4 is 5.32 Å². The fourth-order valence-electron chi connectivity index (χ4n) is 1.71. The SMILES string of the molecule is CCNC(CSCC)Cc1cccc(F)c1F. The molecule has 0 radical (unpaired) electrons. The summed E-state index contributed by atoms with van der Waals surface area (Å²) in [7, 11) is 0. The van der Waals surface area contributed by atoms with Crippen molar-refractivity contribution in [3.05, 3.63) is 35.4 Å². The van der Waals surface area contributed by atoms with Gasteiger partial charge < -0.3 is 5.32 Å². The number of benzene rings is 1. The van der Waals surface area contributed by atoms with E-state index in [4.69, 9.17) is 0 Å². The lowest BCUT2D eigenvalue weighted by Crippen LogP contribution is -2.33. The third kappa shape index (κ3) is 4.64. The van der Waals surface area contributed by atoms with Crippen molar-refractivity contribution < 1.29 is 8.78 Å². The maximum Gasteiger partial charge on any atom is 0.162 e. The number of nitrogens with one attached hydrogen (secondary N) is 1. The van der Waals surface area contributed by atoms with E-state index in [0.717, 1.165) is 24.1 Å². The second-order valence-corrected chi connectivity index (χ2v) is 5.15. The van der Waals surface area contributed by atoms with Crippen molar-refractivity contribution in [2.45, 2.75) is 26.3 Å². The lowest BCUT2D eigenvalue weighted by Gasteiger charge is -2.17. The van der Waals surface area contributed by atoms with Gasteiger partial charge in [0.15, 0.2) is 11.6 Å². The van der Waals surface area contributed by atoms with Gasteiger partial charge in [-0.15, -0.1) is 0 Å². The molecule has 0 aliphatic rings. The van der Waals surface area contributed by atoms with Crippen molar-refractivity contribution in [1.82, 2.24) is 5.32 Å². The molecule has 1 aromatic rings. The van der Waals surface area contributed by atoms with E-state index in [-0.39, 0.29) is 6.04 Å². The summed E-state index contributed by atoms with van der Waals surface area (Å²) in [5, 5.41) is 3.30. The first-order chi connectivity index (χ1) is 8.19. The molecule has 0 saturated carbocycles. The van der Waals surface area contributed by atoms with E-state index in [1.807, 2.05) is 6.92 Å². The molecule has 0 spiro atoms. The maximum atomic E-state index is 13.5. The molecule has 1 atom stereocenters. The number of rotatable bonds is 7. The van der Waals surface area contributed by atoms with Crippen LogP contribution in [0.25, 0.3) is 0 Å². The lowest BCUT2D eigenvalue weighted by molar-refractivity contribution is 0.486. The lowest BCUT2D eigenvalue weighted by atomic mass is 10.1. The highest BCUT2D eigenvalue weighted by molar-refractivity contribution is 7.99. The second kappa shape index (κ2) is 7.67. The fourth-order valence-corrected chi connectivity index (χ4v) is 2.47. The Hall–Kier alpha value is -0.610. The first-order valence-corrected chi connectivity index (χ1v) is 7.08. The van der Waals surface area contributed by atoms with Gasteiger partial charge in [0, 0.05) is 11.8 Å². The van der Waals surface area contributed by atoms with Gasteiger partial charge in [-0.3, -0.25) is 0 Å². The summed E-state index contributed by atoms with van der Waals surface area (Å²) in [5.74, 6) is 0.478. The molecule has 1 N–H and O–H groups in total. The molecule has 0 aliphatic carbocycles. The Labute approximate surface area is 106 Å². The van der Waals surface area contributed by atoms with E-state index in [1.165, 1.54) is 0 Å². The van der Waals surface area contributed by atoms with Gasteiger partial charge >= 0.3 is 0 Å². The van der Waals surface area contributed by atoms with Crippen LogP contribution in [0, 0.1) is 11.6 Å². The molecule has 96 valence electrons. The van der Waals surface area contributed by atoms with Crippen molar-refractivity contribution in [1.29, 1.82) is 0 Å².